The SMILES string of the molecule is O=C1CCCN1Cc1ccc(CNc2ccc(Br)cn2)cc1. The van der Waals surface area contributed by atoms with E-state index in [2.05, 4.69) is 50.5 Å². The highest BCUT2D eigenvalue weighted by molar-refractivity contribution is 9.10. The van der Waals surface area contributed by atoms with E-state index in [0.29, 0.717) is 6.42 Å². The van der Waals surface area contributed by atoms with Crippen LogP contribution in [0.1, 0.15) is 24.0 Å². The molecule has 22 heavy (non-hydrogen) atoms. The summed E-state index contributed by atoms with van der Waals surface area (Å²) in [4.78, 5) is 17.8. The highest BCUT2D eigenvalue weighted by atomic mass is 79.9. The van der Waals surface area contributed by atoms with Crippen LogP contribution in [0.2, 0.25) is 0 Å². The Morgan fingerprint density at radius 1 is 1.14 bits per heavy atom. The highest BCUT2D eigenvalue weighted by Crippen LogP contribution is 2.15. The van der Waals surface area contributed by atoms with Gasteiger partial charge in [-0.15, -0.1) is 0 Å². The molecule has 0 unspecified atom stereocenters. The standard InChI is InChI=1S/C17H18BrN3O/c18-15-7-8-16(20-11-15)19-10-13-3-5-14(6-4-13)12-21-9-1-2-17(21)22/h3-8,11H,1-2,9-10,12H2,(H,19,20). The van der Waals surface area contributed by atoms with Gasteiger partial charge in [-0.2, -0.15) is 0 Å². The van der Waals surface area contributed by atoms with Crippen LogP contribution in [0, 0.1) is 0 Å². The fourth-order valence-corrected chi connectivity index (χ4v) is 2.76. The summed E-state index contributed by atoms with van der Waals surface area (Å²) < 4.78 is 0.971. The average molecular weight is 360 g/mol. The third kappa shape index (κ3) is 3.85. The summed E-state index contributed by atoms with van der Waals surface area (Å²) in [6.07, 6.45) is 3.46. The molecule has 1 aliphatic rings. The van der Waals surface area contributed by atoms with E-state index in [4.69, 9.17) is 0 Å². The molecule has 0 saturated carbocycles. The maximum atomic E-state index is 11.6. The van der Waals surface area contributed by atoms with Crippen molar-refractivity contribution in [2.24, 2.45) is 0 Å². The highest BCUT2D eigenvalue weighted by Gasteiger charge is 2.19. The second kappa shape index (κ2) is 6.92. The Balaban J connectivity index is 1.55. The zero-order valence-corrected chi connectivity index (χ0v) is 13.8. The van der Waals surface area contributed by atoms with Crippen LogP contribution in [0.15, 0.2) is 47.1 Å². The number of hydrogen-bond acceptors (Lipinski definition) is 3. The van der Waals surface area contributed by atoms with E-state index in [-0.39, 0.29) is 5.91 Å². The first-order valence-corrected chi connectivity index (χ1v) is 8.21. The minimum absolute atomic E-state index is 0.270. The van der Waals surface area contributed by atoms with Gasteiger partial charge in [0.2, 0.25) is 5.91 Å². The first-order chi connectivity index (χ1) is 10.7. The first kappa shape index (κ1) is 15.0. The monoisotopic (exact) mass is 359 g/mol. The maximum Gasteiger partial charge on any atom is 0.222 e. The third-order valence-electron chi connectivity index (χ3n) is 3.77. The van der Waals surface area contributed by atoms with Crippen molar-refractivity contribution in [2.75, 3.05) is 11.9 Å². The second-order valence-corrected chi connectivity index (χ2v) is 6.37. The van der Waals surface area contributed by atoms with Crippen molar-refractivity contribution < 1.29 is 4.79 Å². The number of nitrogens with one attached hydrogen (secondary N) is 1. The van der Waals surface area contributed by atoms with Gasteiger partial charge in [-0.25, -0.2) is 4.98 Å². The molecule has 1 aliphatic heterocycles. The Kier molecular flexibility index (Phi) is 4.73. The number of benzene rings is 1. The van der Waals surface area contributed by atoms with Crippen LogP contribution in [0.5, 0.6) is 0 Å². The van der Waals surface area contributed by atoms with Gasteiger partial charge in [0.05, 0.1) is 0 Å². The molecule has 0 bridgehead atoms. The van der Waals surface area contributed by atoms with Crippen molar-refractivity contribution in [1.82, 2.24) is 9.88 Å². The van der Waals surface area contributed by atoms with Crippen LogP contribution in [0.3, 0.4) is 0 Å². The molecule has 1 aromatic carbocycles. The lowest BCUT2D eigenvalue weighted by molar-refractivity contribution is -0.128. The summed E-state index contributed by atoms with van der Waals surface area (Å²) in [6.45, 7) is 2.34. The van der Waals surface area contributed by atoms with Crippen molar-refractivity contribution in [2.45, 2.75) is 25.9 Å². The van der Waals surface area contributed by atoms with Crippen molar-refractivity contribution in [3.63, 3.8) is 0 Å². The average Bonchev–Trinajstić information content (AvgIpc) is 2.93. The minimum Gasteiger partial charge on any atom is -0.366 e. The molecule has 1 saturated heterocycles. The Morgan fingerprint density at radius 2 is 1.91 bits per heavy atom. The minimum atomic E-state index is 0.270. The number of rotatable bonds is 5. The molecule has 4 nitrogen and oxygen atoms in total. The number of carbonyl (C=O) groups is 1. The number of aromatic nitrogens is 1. The lowest BCUT2D eigenvalue weighted by atomic mass is 10.1. The van der Waals surface area contributed by atoms with Gasteiger partial charge < -0.3 is 10.2 Å². The van der Waals surface area contributed by atoms with E-state index >= 15 is 0 Å². The van der Waals surface area contributed by atoms with E-state index < -0.39 is 0 Å². The Labute approximate surface area is 138 Å². The predicted octanol–water partition coefficient (Wildman–Crippen LogP) is 3.58. The zero-order valence-electron chi connectivity index (χ0n) is 12.3. The fraction of sp³-hybridized carbons (Fsp3) is 0.294. The van der Waals surface area contributed by atoms with Crippen LogP contribution in [0.25, 0.3) is 0 Å². The molecular formula is C17H18BrN3O. The quantitative estimate of drug-likeness (QED) is 0.887. The molecule has 1 aromatic heterocycles. The van der Waals surface area contributed by atoms with Crippen LogP contribution < -0.4 is 5.32 Å². The van der Waals surface area contributed by atoms with Crippen molar-refractivity contribution in [3.8, 4) is 0 Å². The maximum absolute atomic E-state index is 11.6. The molecule has 114 valence electrons. The lowest BCUT2D eigenvalue weighted by Gasteiger charge is -2.15. The molecule has 0 spiro atoms. The molecule has 0 radical (unpaired) electrons. The number of anilines is 1. The molecule has 0 aliphatic carbocycles. The number of pyridine rings is 1. The zero-order chi connectivity index (χ0) is 15.4. The predicted molar refractivity (Wildman–Crippen MR) is 90.4 cm³/mol. The Hall–Kier alpha value is -1.88. The van der Waals surface area contributed by atoms with Crippen LogP contribution in [0.4, 0.5) is 5.82 Å². The molecule has 2 aromatic rings. The van der Waals surface area contributed by atoms with E-state index in [1.165, 1.54) is 11.1 Å². The van der Waals surface area contributed by atoms with Crippen LogP contribution in [-0.4, -0.2) is 22.3 Å². The van der Waals surface area contributed by atoms with Crippen LogP contribution in [-0.2, 0) is 17.9 Å². The van der Waals surface area contributed by atoms with E-state index in [9.17, 15) is 4.79 Å². The Morgan fingerprint density at radius 3 is 2.55 bits per heavy atom. The number of likely N-dealkylation sites (tertiary alicyclic amines) is 1. The normalized spacial score (nSPS) is 14.4. The molecule has 1 N–H and O–H groups in total. The first-order valence-electron chi connectivity index (χ1n) is 7.42. The molecule has 5 heteroatoms. The van der Waals surface area contributed by atoms with Gasteiger partial charge in [0.25, 0.3) is 0 Å². The number of carbonyl (C=O) groups excluding carboxylic acids is 1. The summed E-state index contributed by atoms with van der Waals surface area (Å²) in [5.41, 5.74) is 2.38. The van der Waals surface area contributed by atoms with Crippen molar-refractivity contribution >= 4 is 27.7 Å². The second-order valence-electron chi connectivity index (χ2n) is 5.45. The van der Waals surface area contributed by atoms with Gasteiger partial charge in [0, 0.05) is 36.7 Å². The van der Waals surface area contributed by atoms with Gasteiger partial charge in [0.1, 0.15) is 5.82 Å². The summed E-state index contributed by atoms with van der Waals surface area (Å²) in [5.74, 6) is 1.13. The largest absolute Gasteiger partial charge is 0.366 e. The fourth-order valence-electron chi connectivity index (χ4n) is 2.53. The van der Waals surface area contributed by atoms with Crippen molar-refractivity contribution in [1.29, 1.82) is 0 Å². The van der Waals surface area contributed by atoms with Crippen LogP contribution >= 0.6 is 15.9 Å². The lowest BCUT2D eigenvalue weighted by Crippen LogP contribution is -2.23. The smallest absolute Gasteiger partial charge is 0.222 e. The van der Waals surface area contributed by atoms with Gasteiger partial charge in [-0.1, -0.05) is 24.3 Å². The molecule has 0 atom stereocenters. The van der Waals surface area contributed by atoms with Gasteiger partial charge in [-0.05, 0) is 45.6 Å². The molecule has 1 fully saturated rings. The number of hydrogen-bond donors (Lipinski definition) is 1. The summed E-state index contributed by atoms with van der Waals surface area (Å²) in [7, 11) is 0. The van der Waals surface area contributed by atoms with E-state index in [1.54, 1.807) is 6.20 Å². The van der Waals surface area contributed by atoms with Gasteiger partial charge >= 0.3 is 0 Å². The molecule has 1 amide bonds. The number of nitrogens with zero attached hydrogens (tertiary/aromatic N) is 2. The molecule has 2 heterocycles. The number of amides is 1. The number of halogens is 1. The molecule has 3 rings (SSSR count). The Bertz CT molecular complexity index is 640. The topological polar surface area (TPSA) is 45.2 Å². The summed E-state index contributed by atoms with van der Waals surface area (Å²) in [5, 5.41) is 3.29. The van der Waals surface area contributed by atoms with E-state index in [0.717, 1.165) is 36.3 Å². The summed E-state index contributed by atoms with van der Waals surface area (Å²) in [6, 6.07) is 12.3. The summed E-state index contributed by atoms with van der Waals surface area (Å²) >= 11 is 3.37. The van der Waals surface area contributed by atoms with Crippen molar-refractivity contribution in [3.05, 3.63) is 58.2 Å². The third-order valence-corrected chi connectivity index (χ3v) is 4.24. The molecular weight excluding hydrogens is 342 g/mol. The van der Waals surface area contributed by atoms with E-state index in [1.807, 2.05) is 17.0 Å². The van der Waals surface area contributed by atoms with Gasteiger partial charge in [-0.3, -0.25) is 4.79 Å². The van der Waals surface area contributed by atoms with Gasteiger partial charge in [0.15, 0.2) is 0 Å².